The minimum absolute atomic E-state index is 0.0702. The topological polar surface area (TPSA) is 76.2 Å². The maximum atomic E-state index is 13.4. The molecule has 0 aliphatic rings. The second-order valence-corrected chi connectivity index (χ2v) is 4.12. The molecule has 106 valence electrons. The largest absolute Gasteiger partial charge is 0.489 e. The van der Waals surface area contributed by atoms with Crippen LogP contribution in [-0.2, 0) is 6.61 Å². The number of nitriles is 1. The van der Waals surface area contributed by atoms with Crippen LogP contribution in [0, 0.1) is 33.1 Å². The summed E-state index contributed by atoms with van der Waals surface area (Å²) in [5.41, 5.74) is -0.117. The molecule has 21 heavy (non-hydrogen) atoms. The van der Waals surface area contributed by atoms with E-state index in [1.807, 2.05) is 0 Å². The Morgan fingerprint density at radius 2 is 2.00 bits per heavy atom. The van der Waals surface area contributed by atoms with Crippen LogP contribution in [-0.4, -0.2) is 4.92 Å². The molecule has 0 spiro atoms. The van der Waals surface area contributed by atoms with Crippen molar-refractivity contribution in [3.8, 4) is 11.8 Å². The number of ether oxygens (including phenoxy) is 1. The minimum atomic E-state index is -1.02. The fourth-order valence-electron chi connectivity index (χ4n) is 1.69. The first-order chi connectivity index (χ1) is 9.99. The van der Waals surface area contributed by atoms with E-state index in [2.05, 4.69) is 0 Å². The van der Waals surface area contributed by atoms with Gasteiger partial charge in [0.1, 0.15) is 18.2 Å². The maximum Gasteiger partial charge on any atom is 0.305 e. The molecule has 5 nitrogen and oxygen atoms in total. The average molecular weight is 290 g/mol. The molecular formula is C14H8F2N2O3. The Kier molecular flexibility index (Phi) is 4.09. The highest BCUT2D eigenvalue weighted by Gasteiger charge is 2.14. The van der Waals surface area contributed by atoms with Crippen molar-refractivity contribution in [1.29, 1.82) is 5.26 Å². The van der Waals surface area contributed by atoms with Crippen LogP contribution in [0.1, 0.15) is 11.1 Å². The molecule has 0 aliphatic heterocycles. The smallest absolute Gasteiger partial charge is 0.305 e. The number of hydrogen-bond donors (Lipinski definition) is 0. The second-order valence-electron chi connectivity index (χ2n) is 4.12. The lowest BCUT2D eigenvalue weighted by molar-refractivity contribution is -0.387. The van der Waals surface area contributed by atoms with Gasteiger partial charge in [0.2, 0.25) is 5.82 Å². The van der Waals surface area contributed by atoms with E-state index in [1.54, 1.807) is 6.07 Å². The van der Waals surface area contributed by atoms with Crippen molar-refractivity contribution in [3.05, 3.63) is 69.3 Å². The lowest BCUT2D eigenvalue weighted by atomic mass is 10.1. The molecule has 2 aromatic carbocycles. The predicted molar refractivity (Wildman–Crippen MR) is 68.5 cm³/mol. The zero-order chi connectivity index (χ0) is 15.4. The van der Waals surface area contributed by atoms with E-state index in [-0.39, 0.29) is 17.9 Å². The molecule has 7 heteroatoms. The number of rotatable bonds is 4. The van der Waals surface area contributed by atoms with Gasteiger partial charge in [0.05, 0.1) is 16.6 Å². The Morgan fingerprint density at radius 1 is 1.24 bits per heavy atom. The zero-order valence-electron chi connectivity index (χ0n) is 10.5. The van der Waals surface area contributed by atoms with E-state index >= 15 is 0 Å². The summed E-state index contributed by atoms with van der Waals surface area (Å²) >= 11 is 0. The summed E-state index contributed by atoms with van der Waals surface area (Å²) in [6, 6.07) is 8.60. The quantitative estimate of drug-likeness (QED) is 0.639. The van der Waals surface area contributed by atoms with Gasteiger partial charge in [-0.25, -0.2) is 4.39 Å². The molecule has 2 aromatic rings. The summed E-state index contributed by atoms with van der Waals surface area (Å²) in [7, 11) is 0. The highest BCUT2D eigenvalue weighted by atomic mass is 19.1. The fraction of sp³-hybridized carbons (Fsp3) is 0.0714. The summed E-state index contributed by atoms with van der Waals surface area (Å²) < 4.78 is 31.8. The van der Waals surface area contributed by atoms with Gasteiger partial charge in [0.15, 0.2) is 0 Å². The van der Waals surface area contributed by atoms with Gasteiger partial charge in [-0.1, -0.05) is 0 Å². The lowest BCUT2D eigenvalue weighted by Crippen LogP contribution is -1.98. The zero-order valence-corrected chi connectivity index (χ0v) is 10.5. The van der Waals surface area contributed by atoms with Crippen molar-refractivity contribution >= 4 is 5.69 Å². The van der Waals surface area contributed by atoms with Gasteiger partial charge in [-0.2, -0.15) is 9.65 Å². The van der Waals surface area contributed by atoms with Crippen molar-refractivity contribution in [2.75, 3.05) is 0 Å². The van der Waals surface area contributed by atoms with Crippen LogP contribution in [0.3, 0.4) is 0 Å². The summed E-state index contributed by atoms with van der Waals surface area (Å²) in [6.07, 6.45) is 0. The molecular weight excluding hydrogens is 282 g/mol. The molecule has 0 radical (unpaired) electrons. The number of halogens is 2. The van der Waals surface area contributed by atoms with Crippen LogP contribution < -0.4 is 4.74 Å². The summed E-state index contributed by atoms with van der Waals surface area (Å²) in [5.74, 6) is -1.53. The molecule has 0 amide bonds. The molecule has 0 aliphatic carbocycles. The molecule has 0 heterocycles. The van der Waals surface area contributed by atoms with Crippen molar-refractivity contribution in [1.82, 2.24) is 0 Å². The van der Waals surface area contributed by atoms with Crippen molar-refractivity contribution in [3.63, 3.8) is 0 Å². The average Bonchev–Trinajstić information content (AvgIpc) is 2.44. The van der Waals surface area contributed by atoms with Crippen LogP contribution in [0.4, 0.5) is 14.5 Å². The molecule has 0 N–H and O–H groups in total. The molecule has 0 unspecified atom stereocenters. The van der Waals surface area contributed by atoms with E-state index < -0.39 is 22.2 Å². The van der Waals surface area contributed by atoms with Gasteiger partial charge in [0.25, 0.3) is 0 Å². The van der Waals surface area contributed by atoms with Gasteiger partial charge in [-0.05, 0) is 29.8 Å². The number of hydrogen-bond acceptors (Lipinski definition) is 4. The Hall–Kier alpha value is -3.01. The Balaban J connectivity index is 2.13. The molecule has 0 bridgehead atoms. The molecule has 0 fully saturated rings. The number of nitro groups is 1. The maximum absolute atomic E-state index is 13.4. The number of nitro benzene ring substituents is 1. The van der Waals surface area contributed by atoms with Gasteiger partial charge in [-0.15, -0.1) is 0 Å². The van der Waals surface area contributed by atoms with E-state index in [9.17, 15) is 18.9 Å². The molecule has 0 saturated carbocycles. The van der Waals surface area contributed by atoms with Gasteiger partial charge in [0, 0.05) is 12.1 Å². The summed E-state index contributed by atoms with van der Waals surface area (Å²) in [5, 5.41) is 19.2. The van der Waals surface area contributed by atoms with Crippen LogP contribution in [0.25, 0.3) is 0 Å². The molecule has 0 atom stereocenters. The molecule has 2 rings (SSSR count). The van der Waals surface area contributed by atoms with E-state index in [4.69, 9.17) is 10.00 Å². The van der Waals surface area contributed by atoms with E-state index in [0.29, 0.717) is 5.56 Å². The van der Waals surface area contributed by atoms with Crippen LogP contribution in [0.2, 0.25) is 0 Å². The second kappa shape index (κ2) is 5.96. The third-order valence-electron chi connectivity index (χ3n) is 2.61. The standard InChI is InChI=1S/C14H8F2N2O3/c15-11-4-9(7-17)3-10(5-11)8-21-12-1-2-14(18(19)20)13(16)6-12/h1-6H,8H2. The third-order valence-corrected chi connectivity index (χ3v) is 2.61. The Labute approximate surface area is 118 Å². The molecule has 0 aromatic heterocycles. The van der Waals surface area contributed by atoms with Crippen LogP contribution in [0.5, 0.6) is 5.75 Å². The van der Waals surface area contributed by atoms with Gasteiger partial charge < -0.3 is 4.74 Å². The van der Waals surface area contributed by atoms with Gasteiger partial charge in [-0.3, -0.25) is 10.1 Å². The summed E-state index contributed by atoms with van der Waals surface area (Å²) in [6.45, 7) is -0.0936. The van der Waals surface area contributed by atoms with Crippen LogP contribution in [0.15, 0.2) is 36.4 Å². The Bertz CT molecular complexity index is 741. The Morgan fingerprint density at radius 3 is 2.62 bits per heavy atom. The first-order valence-corrected chi connectivity index (χ1v) is 5.76. The first-order valence-electron chi connectivity index (χ1n) is 5.76. The van der Waals surface area contributed by atoms with Crippen molar-refractivity contribution in [2.24, 2.45) is 0 Å². The lowest BCUT2D eigenvalue weighted by Gasteiger charge is -2.07. The normalized spacial score (nSPS) is 9.95. The molecule has 0 saturated heterocycles. The highest BCUT2D eigenvalue weighted by Crippen LogP contribution is 2.23. The van der Waals surface area contributed by atoms with Gasteiger partial charge >= 0.3 is 5.69 Å². The first kappa shape index (κ1) is 14.4. The minimum Gasteiger partial charge on any atom is -0.489 e. The highest BCUT2D eigenvalue weighted by molar-refractivity contribution is 5.38. The SMILES string of the molecule is N#Cc1cc(F)cc(COc2ccc([N+](=O)[O-])c(F)c2)c1. The summed E-state index contributed by atoms with van der Waals surface area (Å²) in [4.78, 5) is 9.63. The van der Waals surface area contributed by atoms with Crippen molar-refractivity contribution < 1.29 is 18.4 Å². The third kappa shape index (κ3) is 3.51. The van der Waals surface area contributed by atoms with E-state index in [0.717, 1.165) is 18.2 Å². The number of benzene rings is 2. The van der Waals surface area contributed by atoms with E-state index in [1.165, 1.54) is 18.2 Å². The van der Waals surface area contributed by atoms with Crippen LogP contribution >= 0.6 is 0 Å². The van der Waals surface area contributed by atoms with Crippen molar-refractivity contribution in [2.45, 2.75) is 6.61 Å². The predicted octanol–water partition coefficient (Wildman–Crippen LogP) is 3.32. The fourth-order valence-corrected chi connectivity index (χ4v) is 1.69. The monoisotopic (exact) mass is 290 g/mol. The number of nitrogens with zero attached hydrogens (tertiary/aromatic N) is 2.